The molecular formula is C21H24N4O4S2. The van der Waals surface area contributed by atoms with E-state index in [1.165, 1.54) is 18.4 Å². The van der Waals surface area contributed by atoms with Crippen LogP contribution in [0.15, 0.2) is 48.5 Å². The molecule has 1 aromatic heterocycles. The first kappa shape index (κ1) is 22.7. The maximum atomic E-state index is 13.0. The molecule has 164 valence electrons. The molecule has 0 aliphatic rings. The molecule has 0 bridgehead atoms. The first-order valence-corrected chi connectivity index (χ1v) is 12.2. The predicted molar refractivity (Wildman–Crippen MR) is 123 cm³/mol. The lowest BCUT2D eigenvalue weighted by molar-refractivity contribution is -0.117. The topological polar surface area (TPSA) is 101 Å². The number of rotatable bonds is 8. The summed E-state index contributed by atoms with van der Waals surface area (Å²) in [6, 6.07) is 13.4. The molecule has 1 N–H and O–H groups in total. The molecule has 1 heterocycles. The quantitative estimate of drug-likeness (QED) is 0.550. The summed E-state index contributed by atoms with van der Waals surface area (Å²) in [5.41, 5.74) is 2.40. The molecule has 1 unspecified atom stereocenters. The summed E-state index contributed by atoms with van der Waals surface area (Å²) < 4.78 is 31.3. The van der Waals surface area contributed by atoms with Crippen LogP contribution in [0.4, 0.5) is 10.8 Å². The third-order valence-electron chi connectivity index (χ3n) is 4.61. The Morgan fingerprint density at radius 3 is 2.32 bits per heavy atom. The second-order valence-electron chi connectivity index (χ2n) is 6.95. The van der Waals surface area contributed by atoms with Gasteiger partial charge in [-0.05, 0) is 37.6 Å². The molecule has 0 fully saturated rings. The van der Waals surface area contributed by atoms with Crippen molar-refractivity contribution in [3.63, 3.8) is 0 Å². The molecule has 0 saturated carbocycles. The minimum Gasteiger partial charge on any atom is -0.497 e. The summed E-state index contributed by atoms with van der Waals surface area (Å²) in [5.74, 6) is 0.113. The molecule has 3 rings (SSSR count). The Morgan fingerprint density at radius 2 is 1.77 bits per heavy atom. The Balaban J connectivity index is 1.84. The van der Waals surface area contributed by atoms with Crippen molar-refractivity contribution in [3.8, 4) is 16.3 Å². The first-order valence-electron chi connectivity index (χ1n) is 9.57. The fourth-order valence-corrected chi connectivity index (χ4v) is 5.03. The van der Waals surface area contributed by atoms with Crippen LogP contribution < -0.4 is 14.4 Å². The maximum Gasteiger partial charge on any atom is 0.250 e. The van der Waals surface area contributed by atoms with Crippen molar-refractivity contribution in [2.75, 3.05) is 23.0 Å². The number of aromatic nitrogens is 2. The van der Waals surface area contributed by atoms with E-state index in [0.717, 1.165) is 21.7 Å². The standard InChI is InChI=1S/C21H24N4O4S2/c1-5-18(25(31(4,27)28)16-10-12-17(29-3)13-11-16)19(26)22-21-24-23-20(30-21)15-8-6-14(2)7-9-15/h6-13,18H,5H2,1-4H3,(H,22,24,26). The highest BCUT2D eigenvalue weighted by Crippen LogP contribution is 2.28. The monoisotopic (exact) mass is 460 g/mol. The van der Waals surface area contributed by atoms with E-state index in [-0.39, 0.29) is 6.42 Å². The van der Waals surface area contributed by atoms with E-state index in [4.69, 9.17) is 4.74 Å². The van der Waals surface area contributed by atoms with Crippen molar-refractivity contribution in [1.82, 2.24) is 10.2 Å². The average Bonchev–Trinajstić information content (AvgIpc) is 3.20. The van der Waals surface area contributed by atoms with Gasteiger partial charge in [0.25, 0.3) is 0 Å². The fourth-order valence-electron chi connectivity index (χ4n) is 3.06. The zero-order chi connectivity index (χ0) is 22.6. The number of benzene rings is 2. The number of anilines is 2. The van der Waals surface area contributed by atoms with Crippen molar-refractivity contribution < 1.29 is 17.9 Å². The van der Waals surface area contributed by atoms with Gasteiger partial charge in [-0.25, -0.2) is 8.42 Å². The van der Waals surface area contributed by atoms with Crippen molar-refractivity contribution in [1.29, 1.82) is 0 Å². The molecular weight excluding hydrogens is 436 g/mol. The van der Waals surface area contributed by atoms with Crippen molar-refractivity contribution >= 4 is 38.1 Å². The Morgan fingerprint density at radius 1 is 1.13 bits per heavy atom. The van der Waals surface area contributed by atoms with Gasteiger partial charge in [-0.3, -0.25) is 14.4 Å². The van der Waals surface area contributed by atoms with Crippen LogP contribution >= 0.6 is 11.3 Å². The Hall–Kier alpha value is -2.98. The number of aryl methyl sites for hydroxylation is 1. The van der Waals surface area contributed by atoms with Gasteiger partial charge in [0.2, 0.25) is 21.1 Å². The molecule has 1 amide bonds. The molecule has 0 saturated heterocycles. The summed E-state index contributed by atoms with van der Waals surface area (Å²) in [6.45, 7) is 3.75. The third-order valence-corrected chi connectivity index (χ3v) is 6.68. The van der Waals surface area contributed by atoms with E-state index in [1.807, 2.05) is 31.2 Å². The maximum absolute atomic E-state index is 13.0. The highest BCUT2D eigenvalue weighted by atomic mass is 32.2. The summed E-state index contributed by atoms with van der Waals surface area (Å²) in [6.07, 6.45) is 1.35. The third kappa shape index (κ3) is 5.39. The SMILES string of the molecule is CCC(C(=O)Nc1nnc(-c2ccc(C)cc2)s1)N(c1ccc(OC)cc1)S(C)(=O)=O. The fraction of sp³-hybridized carbons (Fsp3) is 0.286. The van der Waals surface area contributed by atoms with Crippen LogP contribution in [-0.4, -0.2) is 43.9 Å². The second kappa shape index (κ2) is 9.44. The lowest BCUT2D eigenvalue weighted by atomic mass is 10.2. The van der Waals surface area contributed by atoms with Gasteiger partial charge in [-0.1, -0.05) is 48.1 Å². The van der Waals surface area contributed by atoms with E-state index < -0.39 is 22.0 Å². The summed E-state index contributed by atoms with van der Waals surface area (Å²) in [5, 5.41) is 11.9. The lowest BCUT2D eigenvalue weighted by Crippen LogP contribution is -2.46. The smallest absolute Gasteiger partial charge is 0.250 e. The molecule has 1 atom stereocenters. The van der Waals surface area contributed by atoms with E-state index in [1.54, 1.807) is 31.2 Å². The van der Waals surface area contributed by atoms with Crippen LogP contribution in [0, 0.1) is 6.92 Å². The second-order valence-corrected chi connectivity index (χ2v) is 9.79. The van der Waals surface area contributed by atoms with E-state index in [9.17, 15) is 13.2 Å². The van der Waals surface area contributed by atoms with E-state index in [0.29, 0.717) is 21.6 Å². The molecule has 0 aliphatic heterocycles. The van der Waals surface area contributed by atoms with Crippen molar-refractivity contribution in [2.24, 2.45) is 0 Å². The predicted octanol–water partition coefficient (Wildman–Crippen LogP) is 3.71. The normalized spacial score (nSPS) is 12.3. The number of sulfonamides is 1. The number of hydrogen-bond acceptors (Lipinski definition) is 7. The molecule has 0 aliphatic carbocycles. The van der Waals surface area contributed by atoms with Crippen LogP contribution in [0.2, 0.25) is 0 Å². The first-order chi connectivity index (χ1) is 14.7. The lowest BCUT2D eigenvalue weighted by Gasteiger charge is -2.29. The largest absolute Gasteiger partial charge is 0.497 e. The van der Waals surface area contributed by atoms with Crippen LogP contribution in [-0.2, 0) is 14.8 Å². The molecule has 3 aromatic rings. The molecule has 2 aromatic carbocycles. The van der Waals surface area contributed by atoms with Gasteiger partial charge in [0, 0.05) is 5.56 Å². The number of methoxy groups -OCH3 is 1. The Labute approximate surface area is 185 Å². The zero-order valence-electron chi connectivity index (χ0n) is 17.7. The van der Waals surface area contributed by atoms with Crippen molar-refractivity contribution in [3.05, 3.63) is 54.1 Å². The van der Waals surface area contributed by atoms with E-state index >= 15 is 0 Å². The van der Waals surface area contributed by atoms with Gasteiger partial charge < -0.3 is 4.74 Å². The molecule has 31 heavy (non-hydrogen) atoms. The van der Waals surface area contributed by atoms with Gasteiger partial charge in [0.1, 0.15) is 16.8 Å². The highest BCUT2D eigenvalue weighted by molar-refractivity contribution is 7.92. The Bertz CT molecular complexity index is 1140. The number of carbonyl (C=O) groups is 1. The summed E-state index contributed by atoms with van der Waals surface area (Å²) in [4.78, 5) is 13.0. The number of nitrogens with one attached hydrogen (secondary N) is 1. The van der Waals surface area contributed by atoms with E-state index in [2.05, 4.69) is 15.5 Å². The number of hydrogen-bond donors (Lipinski definition) is 1. The number of ether oxygens (including phenoxy) is 1. The van der Waals surface area contributed by atoms with Crippen molar-refractivity contribution in [2.45, 2.75) is 26.3 Å². The van der Waals surface area contributed by atoms with Crippen LogP contribution in [0.1, 0.15) is 18.9 Å². The minimum atomic E-state index is -3.73. The molecule has 8 nitrogen and oxygen atoms in total. The zero-order valence-corrected chi connectivity index (χ0v) is 19.3. The summed E-state index contributed by atoms with van der Waals surface area (Å²) >= 11 is 1.23. The number of amides is 1. The van der Waals surface area contributed by atoms with Gasteiger partial charge in [-0.2, -0.15) is 0 Å². The average molecular weight is 461 g/mol. The number of nitrogens with zero attached hydrogens (tertiary/aromatic N) is 3. The minimum absolute atomic E-state index is 0.272. The van der Waals surface area contributed by atoms with Gasteiger partial charge >= 0.3 is 0 Å². The van der Waals surface area contributed by atoms with Gasteiger partial charge in [0.15, 0.2) is 0 Å². The van der Waals surface area contributed by atoms with Crippen LogP contribution in [0.25, 0.3) is 10.6 Å². The highest BCUT2D eigenvalue weighted by Gasteiger charge is 2.32. The van der Waals surface area contributed by atoms with Crippen LogP contribution in [0.3, 0.4) is 0 Å². The molecule has 0 spiro atoms. The molecule has 0 radical (unpaired) electrons. The summed E-state index contributed by atoms with van der Waals surface area (Å²) in [7, 11) is -2.20. The van der Waals surface area contributed by atoms with Gasteiger partial charge in [0.05, 0.1) is 19.1 Å². The van der Waals surface area contributed by atoms with Crippen LogP contribution in [0.5, 0.6) is 5.75 Å². The Kier molecular flexibility index (Phi) is 6.91. The number of carbonyl (C=O) groups excluding carboxylic acids is 1. The van der Waals surface area contributed by atoms with Gasteiger partial charge in [-0.15, -0.1) is 10.2 Å². The molecule has 10 heteroatoms.